The van der Waals surface area contributed by atoms with Gasteiger partial charge in [-0.05, 0) is 13.0 Å². The van der Waals surface area contributed by atoms with Crippen LogP contribution in [0.5, 0.6) is 0 Å². The lowest BCUT2D eigenvalue weighted by molar-refractivity contribution is -0.128. The SMILES string of the molecule is CCCN1CCN2C(=O)CCN=C2C1. The molecule has 78 valence electrons. The van der Waals surface area contributed by atoms with E-state index in [-0.39, 0.29) is 5.91 Å². The van der Waals surface area contributed by atoms with Crippen LogP contribution in [0.15, 0.2) is 4.99 Å². The number of amidine groups is 1. The number of nitrogens with zero attached hydrogens (tertiary/aromatic N) is 3. The average Bonchev–Trinajstić information content (AvgIpc) is 2.18. The molecule has 2 rings (SSSR count). The molecule has 0 aromatic carbocycles. The summed E-state index contributed by atoms with van der Waals surface area (Å²) < 4.78 is 0. The molecule has 0 N–H and O–H groups in total. The molecule has 4 nitrogen and oxygen atoms in total. The van der Waals surface area contributed by atoms with Crippen LogP contribution in [0, 0.1) is 0 Å². The first-order valence-electron chi connectivity index (χ1n) is 5.37. The first-order chi connectivity index (χ1) is 6.81. The van der Waals surface area contributed by atoms with Gasteiger partial charge in [0.15, 0.2) is 0 Å². The van der Waals surface area contributed by atoms with Crippen LogP contribution in [0.3, 0.4) is 0 Å². The number of carbonyl (C=O) groups excluding carboxylic acids is 1. The predicted octanol–water partition coefficient (Wildman–Crippen LogP) is 0.343. The Hall–Kier alpha value is -0.900. The molecule has 1 saturated heterocycles. The summed E-state index contributed by atoms with van der Waals surface area (Å²) in [5, 5.41) is 0. The summed E-state index contributed by atoms with van der Waals surface area (Å²) in [4.78, 5) is 20.2. The van der Waals surface area contributed by atoms with Crippen molar-refractivity contribution in [2.75, 3.05) is 32.7 Å². The van der Waals surface area contributed by atoms with Crippen LogP contribution in [0.25, 0.3) is 0 Å². The van der Waals surface area contributed by atoms with E-state index in [0.29, 0.717) is 13.0 Å². The molecule has 0 radical (unpaired) electrons. The fourth-order valence-electron chi connectivity index (χ4n) is 2.06. The summed E-state index contributed by atoms with van der Waals surface area (Å²) >= 11 is 0. The molecule has 0 saturated carbocycles. The maximum absolute atomic E-state index is 11.5. The Bertz CT molecular complexity index is 262. The normalized spacial score (nSPS) is 23.4. The predicted molar refractivity (Wildman–Crippen MR) is 55.4 cm³/mol. The molecule has 4 heteroatoms. The third-order valence-corrected chi connectivity index (χ3v) is 2.78. The molecule has 0 aromatic heterocycles. The number of piperazine rings is 1. The van der Waals surface area contributed by atoms with Crippen molar-refractivity contribution in [2.45, 2.75) is 19.8 Å². The van der Waals surface area contributed by atoms with E-state index in [4.69, 9.17) is 0 Å². The van der Waals surface area contributed by atoms with E-state index >= 15 is 0 Å². The highest BCUT2D eigenvalue weighted by Crippen LogP contribution is 2.11. The summed E-state index contributed by atoms with van der Waals surface area (Å²) in [5.74, 6) is 1.24. The van der Waals surface area contributed by atoms with Gasteiger partial charge in [0.25, 0.3) is 0 Å². The lowest BCUT2D eigenvalue weighted by atomic mass is 10.2. The summed E-state index contributed by atoms with van der Waals surface area (Å²) in [6.07, 6.45) is 1.76. The number of hydrogen-bond acceptors (Lipinski definition) is 3. The van der Waals surface area contributed by atoms with Crippen molar-refractivity contribution in [1.82, 2.24) is 9.80 Å². The maximum atomic E-state index is 11.5. The Balaban J connectivity index is 2.02. The van der Waals surface area contributed by atoms with Gasteiger partial charge in [0.1, 0.15) is 5.84 Å². The molecule has 2 aliphatic rings. The lowest BCUT2D eigenvalue weighted by Crippen LogP contribution is -2.54. The van der Waals surface area contributed by atoms with Crippen molar-refractivity contribution >= 4 is 11.7 Å². The van der Waals surface area contributed by atoms with Crippen LogP contribution in [0.2, 0.25) is 0 Å². The van der Waals surface area contributed by atoms with Gasteiger partial charge in [-0.2, -0.15) is 0 Å². The summed E-state index contributed by atoms with van der Waals surface area (Å²) in [5.41, 5.74) is 0. The molecule has 1 fully saturated rings. The van der Waals surface area contributed by atoms with Crippen molar-refractivity contribution < 1.29 is 4.79 Å². The van der Waals surface area contributed by atoms with Crippen molar-refractivity contribution in [1.29, 1.82) is 0 Å². The number of aliphatic imine (C=N–C) groups is 1. The second-order valence-corrected chi connectivity index (χ2v) is 3.87. The molecular formula is C10H17N3O. The van der Waals surface area contributed by atoms with Crippen LogP contribution >= 0.6 is 0 Å². The highest BCUT2D eigenvalue weighted by Gasteiger charge is 2.28. The van der Waals surface area contributed by atoms with Crippen LogP contribution in [-0.4, -0.2) is 54.3 Å². The molecule has 14 heavy (non-hydrogen) atoms. The molecular weight excluding hydrogens is 178 g/mol. The lowest BCUT2D eigenvalue weighted by Gasteiger charge is -2.37. The topological polar surface area (TPSA) is 35.9 Å². The molecule has 2 aliphatic heterocycles. The first kappa shape index (κ1) is 9.65. The van der Waals surface area contributed by atoms with E-state index in [1.54, 1.807) is 0 Å². The number of hydrogen-bond donors (Lipinski definition) is 0. The minimum atomic E-state index is 0.256. The molecule has 0 aromatic rings. The Morgan fingerprint density at radius 1 is 1.43 bits per heavy atom. The van der Waals surface area contributed by atoms with Crippen LogP contribution in [0.1, 0.15) is 19.8 Å². The molecule has 1 amide bonds. The maximum Gasteiger partial charge on any atom is 0.229 e. The standard InChI is InChI=1S/C10H17N3O/c1-2-5-12-6-7-13-9(8-12)11-4-3-10(13)14/h2-8H2,1H3. The second-order valence-electron chi connectivity index (χ2n) is 3.87. The monoisotopic (exact) mass is 195 g/mol. The summed E-state index contributed by atoms with van der Waals surface area (Å²) in [6.45, 7) is 6.67. The van der Waals surface area contributed by atoms with Gasteiger partial charge < -0.3 is 0 Å². The van der Waals surface area contributed by atoms with E-state index in [9.17, 15) is 4.79 Å². The van der Waals surface area contributed by atoms with Crippen LogP contribution < -0.4 is 0 Å². The highest BCUT2D eigenvalue weighted by molar-refractivity contribution is 6.01. The summed E-state index contributed by atoms with van der Waals surface area (Å²) in [7, 11) is 0. The van der Waals surface area contributed by atoms with E-state index < -0.39 is 0 Å². The Kier molecular flexibility index (Phi) is 2.82. The van der Waals surface area contributed by atoms with Gasteiger partial charge in [0.05, 0.1) is 6.54 Å². The Labute approximate surface area is 84.6 Å². The third-order valence-electron chi connectivity index (χ3n) is 2.78. The Morgan fingerprint density at radius 3 is 3.07 bits per heavy atom. The third kappa shape index (κ3) is 1.80. The second kappa shape index (κ2) is 4.09. The van der Waals surface area contributed by atoms with Crippen molar-refractivity contribution in [2.24, 2.45) is 4.99 Å². The smallest absolute Gasteiger partial charge is 0.229 e. The number of fused-ring (bicyclic) bond motifs is 1. The quantitative estimate of drug-likeness (QED) is 0.637. The largest absolute Gasteiger partial charge is 0.298 e. The molecule has 2 heterocycles. The molecule has 0 unspecified atom stereocenters. The Morgan fingerprint density at radius 2 is 2.29 bits per heavy atom. The molecule has 0 atom stereocenters. The number of amides is 1. The van der Waals surface area contributed by atoms with Crippen molar-refractivity contribution in [3.63, 3.8) is 0 Å². The average molecular weight is 195 g/mol. The zero-order chi connectivity index (χ0) is 9.97. The van der Waals surface area contributed by atoms with E-state index in [0.717, 1.165) is 32.0 Å². The van der Waals surface area contributed by atoms with Gasteiger partial charge in [-0.25, -0.2) is 0 Å². The first-order valence-corrected chi connectivity index (χ1v) is 5.37. The van der Waals surface area contributed by atoms with Gasteiger partial charge in [0, 0.05) is 26.1 Å². The van der Waals surface area contributed by atoms with E-state index in [1.165, 1.54) is 6.42 Å². The zero-order valence-corrected chi connectivity index (χ0v) is 8.70. The minimum Gasteiger partial charge on any atom is -0.298 e. The van der Waals surface area contributed by atoms with E-state index in [1.807, 2.05) is 4.90 Å². The van der Waals surface area contributed by atoms with Gasteiger partial charge in [-0.1, -0.05) is 6.92 Å². The molecule has 0 bridgehead atoms. The zero-order valence-electron chi connectivity index (χ0n) is 8.70. The number of carbonyl (C=O) groups is 1. The molecule has 0 aliphatic carbocycles. The van der Waals surface area contributed by atoms with E-state index in [2.05, 4.69) is 16.8 Å². The van der Waals surface area contributed by atoms with Gasteiger partial charge in [-0.3, -0.25) is 19.6 Å². The summed E-state index contributed by atoms with van der Waals surface area (Å²) in [6, 6.07) is 0. The van der Waals surface area contributed by atoms with Crippen molar-refractivity contribution in [3.8, 4) is 0 Å². The van der Waals surface area contributed by atoms with Crippen LogP contribution in [-0.2, 0) is 4.79 Å². The number of rotatable bonds is 2. The van der Waals surface area contributed by atoms with Crippen molar-refractivity contribution in [3.05, 3.63) is 0 Å². The molecule has 0 spiro atoms. The van der Waals surface area contributed by atoms with Gasteiger partial charge >= 0.3 is 0 Å². The minimum absolute atomic E-state index is 0.256. The highest BCUT2D eigenvalue weighted by atomic mass is 16.2. The van der Waals surface area contributed by atoms with Gasteiger partial charge in [-0.15, -0.1) is 0 Å². The van der Waals surface area contributed by atoms with Gasteiger partial charge in [0.2, 0.25) is 5.91 Å². The van der Waals surface area contributed by atoms with Crippen LogP contribution in [0.4, 0.5) is 0 Å². The fraction of sp³-hybridized carbons (Fsp3) is 0.800. The fourth-order valence-corrected chi connectivity index (χ4v) is 2.06.